The van der Waals surface area contributed by atoms with Gasteiger partial charge in [0.1, 0.15) is 0 Å². The van der Waals surface area contributed by atoms with Crippen LogP contribution in [0.3, 0.4) is 0 Å². The first kappa shape index (κ1) is 21.8. The summed E-state index contributed by atoms with van der Waals surface area (Å²) in [5.41, 5.74) is -0.125. The lowest BCUT2D eigenvalue weighted by molar-refractivity contribution is -0.129. The Morgan fingerprint density at radius 2 is 1.65 bits per heavy atom. The molecule has 23 heavy (non-hydrogen) atoms. The number of hydrogen-bond acceptors (Lipinski definition) is 5. The molecule has 3 N–H and O–H groups in total. The highest BCUT2D eigenvalue weighted by molar-refractivity contribution is 5.26. The van der Waals surface area contributed by atoms with Crippen molar-refractivity contribution < 1.29 is 10.2 Å². The van der Waals surface area contributed by atoms with Crippen molar-refractivity contribution in [3.05, 3.63) is 18.0 Å². The minimum Gasteiger partial charge on any atom is -0.390 e. The molecule has 1 heterocycles. The predicted molar refractivity (Wildman–Crippen MR) is 96.7 cm³/mol. The van der Waals surface area contributed by atoms with E-state index < -0.39 is 11.7 Å². The number of aromatic nitrogens is 2. The van der Waals surface area contributed by atoms with Crippen molar-refractivity contribution in [2.45, 2.75) is 78.9 Å². The summed E-state index contributed by atoms with van der Waals surface area (Å²) in [5.74, 6) is 0.683. The van der Waals surface area contributed by atoms with Gasteiger partial charge < -0.3 is 15.5 Å². The number of rotatable bonds is 3. The van der Waals surface area contributed by atoms with E-state index >= 15 is 0 Å². The van der Waals surface area contributed by atoms with Crippen LogP contribution in [0.4, 0.5) is 5.95 Å². The van der Waals surface area contributed by atoms with Gasteiger partial charge in [-0.05, 0) is 24.8 Å². The minimum absolute atomic E-state index is 0.0918. The number of nitrogens with zero attached hydrogens (tertiary/aromatic N) is 2. The van der Waals surface area contributed by atoms with Crippen LogP contribution in [0.1, 0.15) is 67.5 Å². The van der Waals surface area contributed by atoms with Crippen LogP contribution in [0.15, 0.2) is 12.3 Å². The third-order valence-corrected chi connectivity index (χ3v) is 4.20. The Hall–Kier alpha value is -1.20. The van der Waals surface area contributed by atoms with Crippen molar-refractivity contribution in [2.24, 2.45) is 5.41 Å². The highest BCUT2D eigenvalue weighted by Crippen LogP contribution is 2.33. The molecule has 1 aromatic rings. The number of aliphatic hydroxyl groups excluding tert-OH is 1. The predicted octanol–water partition coefficient (Wildman–Crippen LogP) is 3.37. The van der Waals surface area contributed by atoms with E-state index in [1.165, 1.54) is 0 Å². The molecule has 2 unspecified atom stereocenters. The highest BCUT2D eigenvalue weighted by atomic mass is 16.3. The number of aliphatic hydroxyl groups is 2. The van der Waals surface area contributed by atoms with Crippen LogP contribution in [-0.4, -0.2) is 38.9 Å². The molecule has 0 aliphatic rings. The van der Waals surface area contributed by atoms with E-state index in [0.717, 1.165) is 5.69 Å². The monoisotopic (exact) mass is 325 g/mol. The summed E-state index contributed by atoms with van der Waals surface area (Å²) in [6.45, 7) is 15.7. The molecule has 134 valence electrons. The Morgan fingerprint density at radius 1 is 1.13 bits per heavy atom. The first-order chi connectivity index (χ1) is 10.3. The fraction of sp³-hybridized carbons (Fsp3) is 0.778. The van der Waals surface area contributed by atoms with E-state index in [2.05, 4.69) is 36.1 Å². The van der Waals surface area contributed by atoms with E-state index in [4.69, 9.17) is 0 Å². The van der Waals surface area contributed by atoms with Crippen molar-refractivity contribution >= 4 is 5.95 Å². The molecule has 1 aromatic heterocycles. The van der Waals surface area contributed by atoms with Crippen LogP contribution < -0.4 is 5.32 Å². The zero-order valence-electron chi connectivity index (χ0n) is 16.2. The number of hydrogen-bond donors (Lipinski definition) is 3. The van der Waals surface area contributed by atoms with Gasteiger partial charge in [-0.2, -0.15) is 0 Å². The third kappa shape index (κ3) is 6.43. The van der Waals surface area contributed by atoms with Gasteiger partial charge in [-0.25, -0.2) is 9.97 Å². The molecule has 0 amide bonds. The average molecular weight is 325 g/mol. The van der Waals surface area contributed by atoms with Gasteiger partial charge >= 0.3 is 0 Å². The van der Waals surface area contributed by atoms with Crippen LogP contribution in [0.5, 0.6) is 0 Å². The Bertz CT molecular complexity index is 474. The van der Waals surface area contributed by atoms with Crippen molar-refractivity contribution in [3.63, 3.8) is 0 Å². The molecule has 0 aliphatic heterocycles. The second-order valence-corrected chi connectivity index (χ2v) is 8.09. The molecule has 0 spiro atoms. The molecule has 0 fully saturated rings. The molecule has 0 saturated carbocycles. The molecule has 1 rings (SSSR count). The summed E-state index contributed by atoms with van der Waals surface area (Å²) in [7, 11) is 1.82. The average Bonchev–Trinajstić information content (AvgIpc) is 2.45. The molecule has 5 heteroatoms. The van der Waals surface area contributed by atoms with Gasteiger partial charge in [0.2, 0.25) is 5.95 Å². The second kappa shape index (κ2) is 8.06. The van der Waals surface area contributed by atoms with Gasteiger partial charge in [-0.3, -0.25) is 0 Å². The fourth-order valence-corrected chi connectivity index (χ4v) is 1.79. The smallest absolute Gasteiger partial charge is 0.222 e. The van der Waals surface area contributed by atoms with E-state index in [-0.39, 0.29) is 10.8 Å². The number of anilines is 1. The topological polar surface area (TPSA) is 78.3 Å². The van der Waals surface area contributed by atoms with Gasteiger partial charge in [0, 0.05) is 18.7 Å². The van der Waals surface area contributed by atoms with E-state index in [0.29, 0.717) is 12.4 Å². The quantitative estimate of drug-likeness (QED) is 0.794. The maximum absolute atomic E-state index is 9.87. The summed E-state index contributed by atoms with van der Waals surface area (Å²) in [6.07, 6.45) is 1.73. The highest BCUT2D eigenvalue weighted by Gasteiger charge is 2.40. The minimum atomic E-state index is -0.998. The van der Waals surface area contributed by atoms with Crippen LogP contribution in [0.25, 0.3) is 0 Å². The van der Waals surface area contributed by atoms with Crippen molar-refractivity contribution in [3.8, 4) is 0 Å². The van der Waals surface area contributed by atoms with E-state index in [1.54, 1.807) is 13.1 Å². The molecular formula is C18H35N3O2. The van der Waals surface area contributed by atoms with Gasteiger partial charge in [-0.1, -0.05) is 48.5 Å². The van der Waals surface area contributed by atoms with Gasteiger partial charge in [0.15, 0.2) is 0 Å². The third-order valence-electron chi connectivity index (χ3n) is 4.20. The fourth-order valence-electron chi connectivity index (χ4n) is 1.79. The van der Waals surface area contributed by atoms with Gasteiger partial charge in [0.25, 0.3) is 0 Å². The molecule has 0 bridgehead atoms. The van der Waals surface area contributed by atoms with Crippen LogP contribution >= 0.6 is 0 Å². The first-order valence-electron chi connectivity index (χ1n) is 8.19. The van der Waals surface area contributed by atoms with Crippen LogP contribution in [0, 0.1) is 5.41 Å². The summed E-state index contributed by atoms with van der Waals surface area (Å²) >= 11 is 0. The van der Waals surface area contributed by atoms with Gasteiger partial charge in [0.05, 0.1) is 17.4 Å². The van der Waals surface area contributed by atoms with Gasteiger partial charge in [-0.15, -0.1) is 0 Å². The lowest BCUT2D eigenvalue weighted by Crippen LogP contribution is -2.49. The molecule has 5 nitrogen and oxygen atoms in total. The maximum atomic E-state index is 9.87. The lowest BCUT2D eigenvalue weighted by Gasteiger charge is -2.40. The largest absolute Gasteiger partial charge is 0.390 e. The summed E-state index contributed by atoms with van der Waals surface area (Å²) in [6, 6.07) is 1.95. The van der Waals surface area contributed by atoms with E-state index in [1.807, 2.05) is 40.8 Å². The Labute approximate surface area is 141 Å². The lowest BCUT2D eigenvalue weighted by atomic mass is 9.74. The summed E-state index contributed by atoms with van der Waals surface area (Å²) < 4.78 is 0. The van der Waals surface area contributed by atoms with Crippen molar-refractivity contribution in [1.29, 1.82) is 0 Å². The van der Waals surface area contributed by atoms with Crippen LogP contribution in [0.2, 0.25) is 0 Å². The van der Waals surface area contributed by atoms with Crippen LogP contribution in [-0.2, 0) is 5.41 Å². The SMILES string of the molecule is CCC(O)C(C)(O)C(C)(C)C.CNc1nccc(C(C)(C)C)n1. The normalized spacial score (nSPS) is 16.0. The van der Waals surface area contributed by atoms with E-state index in [9.17, 15) is 10.2 Å². The second-order valence-electron chi connectivity index (χ2n) is 8.09. The molecule has 2 atom stereocenters. The zero-order chi connectivity index (χ0) is 18.5. The Morgan fingerprint density at radius 3 is 1.96 bits per heavy atom. The zero-order valence-corrected chi connectivity index (χ0v) is 16.2. The Kier molecular flexibility index (Phi) is 7.64. The number of nitrogens with one attached hydrogen (secondary N) is 1. The first-order valence-corrected chi connectivity index (χ1v) is 8.19. The van der Waals surface area contributed by atoms with Crippen molar-refractivity contribution in [1.82, 2.24) is 9.97 Å². The molecule has 0 saturated heterocycles. The standard InChI is InChI=1S/C9H15N3.C9H20O2/c1-9(2,3)7-5-6-11-8(10-4)12-7;1-6-7(10)9(5,11)8(2,3)4/h5-6H,1-4H3,(H,10,11,12);7,10-11H,6H2,1-5H3. The molecule has 0 aromatic carbocycles. The Balaban J connectivity index is 0.000000423. The summed E-state index contributed by atoms with van der Waals surface area (Å²) in [5, 5.41) is 22.3. The molecular weight excluding hydrogens is 290 g/mol. The molecule has 0 radical (unpaired) electrons. The summed E-state index contributed by atoms with van der Waals surface area (Å²) in [4.78, 5) is 8.39. The maximum Gasteiger partial charge on any atom is 0.222 e. The molecule has 0 aliphatic carbocycles. The van der Waals surface area contributed by atoms with Crippen molar-refractivity contribution in [2.75, 3.05) is 12.4 Å².